The molecular formula is C34H49N9O9. The number of phenols is 1. The quantitative estimate of drug-likeness (QED) is 0.104. The maximum atomic E-state index is 14.0. The Bertz CT molecular complexity index is 1690. The summed E-state index contributed by atoms with van der Waals surface area (Å²) in [6.07, 6.45) is -0.474. The summed E-state index contributed by atoms with van der Waals surface area (Å²) in [7, 11) is 3.60. The summed E-state index contributed by atoms with van der Waals surface area (Å²) in [5.41, 5.74) is 0.571. The second-order valence-corrected chi connectivity index (χ2v) is 13.8. The molecule has 6 unspecified atom stereocenters. The zero-order valence-electron chi connectivity index (χ0n) is 30.2. The number of nitrogens with one attached hydrogen (secondary N) is 4. The van der Waals surface area contributed by atoms with E-state index in [-0.39, 0.29) is 24.5 Å². The highest BCUT2D eigenvalue weighted by Crippen LogP contribution is 2.32. The van der Waals surface area contributed by atoms with E-state index in [1.54, 1.807) is 51.9 Å². The largest absolute Gasteiger partial charge is 0.508 e. The van der Waals surface area contributed by atoms with Crippen molar-refractivity contribution in [3.63, 3.8) is 0 Å². The monoisotopic (exact) mass is 727 g/mol. The fourth-order valence-electron chi connectivity index (χ4n) is 5.73. The highest BCUT2D eigenvalue weighted by molar-refractivity contribution is 5.91. The molecule has 0 radical (unpaired) electrons. The predicted octanol–water partition coefficient (Wildman–Crippen LogP) is 0.261. The summed E-state index contributed by atoms with van der Waals surface area (Å²) in [5.74, 6) is -1.02. The molecule has 6 atom stereocenters. The minimum atomic E-state index is -1.38. The number of aromatic nitrogens is 4. The van der Waals surface area contributed by atoms with Gasteiger partial charge in [0, 0.05) is 34.0 Å². The van der Waals surface area contributed by atoms with Crippen LogP contribution in [0.2, 0.25) is 0 Å². The standard InChI is InChI=1S/C34H49N9O9/c1-19(45)35-14-8-7-9-22(40-33(50)52-34(2,3)4)30(48)39-23(15-20-10-12-21(46)13-11-20)31(49)41-25-24(16-44)51-32(27(25)47)43-18-38-26-28(42(5)6)36-17-37-29(26)43/h10-13,17-18,22-25,27,32,44,46-47H,7-9,14-16H2,1-6H3,(H,35,45)(H,39,48)(H,40,50)(H,41,49). The summed E-state index contributed by atoms with van der Waals surface area (Å²) in [5, 5.41) is 42.3. The van der Waals surface area contributed by atoms with Crippen molar-refractivity contribution in [3.05, 3.63) is 42.5 Å². The van der Waals surface area contributed by atoms with Crippen LogP contribution in [0.5, 0.6) is 5.75 Å². The number of amides is 4. The van der Waals surface area contributed by atoms with Gasteiger partial charge in [0.2, 0.25) is 17.7 Å². The van der Waals surface area contributed by atoms with Crippen molar-refractivity contribution in [1.29, 1.82) is 0 Å². The van der Waals surface area contributed by atoms with Crippen LogP contribution in [-0.2, 0) is 30.3 Å². The number of hydrogen-bond acceptors (Lipinski definition) is 13. The molecule has 1 aliphatic heterocycles. The van der Waals surface area contributed by atoms with Gasteiger partial charge in [0.15, 0.2) is 23.2 Å². The second kappa shape index (κ2) is 17.4. The van der Waals surface area contributed by atoms with Crippen LogP contribution in [-0.4, -0.2) is 122 Å². The Kier molecular flexibility index (Phi) is 13.3. The van der Waals surface area contributed by atoms with Crippen LogP contribution < -0.4 is 26.2 Å². The zero-order chi connectivity index (χ0) is 38.2. The van der Waals surface area contributed by atoms with Gasteiger partial charge in [-0.2, -0.15) is 0 Å². The molecule has 0 saturated carbocycles. The first-order valence-corrected chi connectivity index (χ1v) is 17.0. The lowest BCUT2D eigenvalue weighted by atomic mass is 10.0. The van der Waals surface area contributed by atoms with Gasteiger partial charge in [-0.1, -0.05) is 12.1 Å². The van der Waals surface area contributed by atoms with E-state index in [0.717, 1.165) is 0 Å². The number of aliphatic hydroxyl groups is 2. The molecule has 0 aliphatic carbocycles. The van der Waals surface area contributed by atoms with Crippen molar-refractivity contribution in [2.45, 2.75) is 95.5 Å². The van der Waals surface area contributed by atoms with Gasteiger partial charge < -0.3 is 51.0 Å². The van der Waals surface area contributed by atoms with Crippen molar-refractivity contribution in [2.24, 2.45) is 0 Å². The number of ether oxygens (including phenoxy) is 2. The molecule has 52 heavy (non-hydrogen) atoms. The number of hydrogen-bond donors (Lipinski definition) is 7. The molecule has 3 heterocycles. The van der Waals surface area contributed by atoms with E-state index in [0.29, 0.717) is 41.9 Å². The molecule has 1 aliphatic rings. The van der Waals surface area contributed by atoms with E-state index in [9.17, 15) is 34.5 Å². The van der Waals surface area contributed by atoms with Crippen molar-refractivity contribution in [1.82, 2.24) is 40.8 Å². The van der Waals surface area contributed by atoms with Gasteiger partial charge in [0.25, 0.3) is 0 Å². The molecule has 1 saturated heterocycles. The van der Waals surface area contributed by atoms with Crippen LogP contribution in [0, 0.1) is 0 Å². The molecule has 4 rings (SSSR count). The number of imidazole rings is 1. The molecule has 1 aromatic carbocycles. The van der Waals surface area contributed by atoms with Crippen LogP contribution >= 0.6 is 0 Å². The maximum absolute atomic E-state index is 14.0. The topological polar surface area (TPSA) is 242 Å². The number of unbranched alkanes of at least 4 members (excludes halogenated alkanes) is 1. The Labute approximate surface area is 301 Å². The predicted molar refractivity (Wildman–Crippen MR) is 188 cm³/mol. The zero-order valence-corrected chi connectivity index (χ0v) is 30.2. The van der Waals surface area contributed by atoms with Crippen LogP contribution in [0.15, 0.2) is 36.9 Å². The summed E-state index contributed by atoms with van der Waals surface area (Å²) in [6.45, 7) is 6.26. The van der Waals surface area contributed by atoms with E-state index < -0.39 is 66.7 Å². The van der Waals surface area contributed by atoms with E-state index in [4.69, 9.17) is 9.47 Å². The minimum absolute atomic E-state index is 0.00716. The lowest BCUT2D eigenvalue weighted by molar-refractivity contribution is -0.131. The van der Waals surface area contributed by atoms with Gasteiger partial charge in [0.05, 0.1) is 19.0 Å². The summed E-state index contributed by atoms with van der Waals surface area (Å²) in [6, 6.07) is 2.59. The summed E-state index contributed by atoms with van der Waals surface area (Å²) >= 11 is 0. The third-order valence-corrected chi connectivity index (χ3v) is 8.21. The van der Waals surface area contributed by atoms with Crippen molar-refractivity contribution in [2.75, 3.05) is 32.1 Å². The normalized spacial score (nSPS) is 19.8. The van der Waals surface area contributed by atoms with Gasteiger partial charge in [-0.15, -0.1) is 0 Å². The average Bonchev–Trinajstić information content (AvgIpc) is 3.63. The molecule has 18 heteroatoms. The number of carbonyl (C=O) groups is 4. The highest BCUT2D eigenvalue weighted by atomic mass is 16.6. The van der Waals surface area contributed by atoms with E-state index >= 15 is 0 Å². The van der Waals surface area contributed by atoms with Crippen LogP contribution in [0.1, 0.15) is 58.7 Å². The third kappa shape index (κ3) is 10.5. The number of alkyl carbamates (subject to hydrolysis) is 1. The molecule has 2 aromatic heterocycles. The van der Waals surface area contributed by atoms with Gasteiger partial charge in [0.1, 0.15) is 42.0 Å². The van der Waals surface area contributed by atoms with Gasteiger partial charge >= 0.3 is 6.09 Å². The molecular weight excluding hydrogens is 678 g/mol. The van der Waals surface area contributed by atoms with Crippen LogP contribution in [0.25, 0.3) is 11.2 Å². The van der Waals surface area contributed by atoms with Gasteiger partial charge in [-0.3, -0.25) is 19.0 Å². The molecule has 4 amide bonds. The van der Waals surface area contributed by atoms with Crippen LogP contribution in [0.4, 0.5) is 10.6 Å². The van der Waals surface area contributed by atoms with Gasteiger partial charge in [-0.25, -0.2) is 19.7 Å². The number of benzene rings is 1. The SMILES string of the molecule is CC(=O)NCCCCC(NC(=O)OC(C)(C)C)C(=O)NC(Cc1ccc(O)cc1)C(=O)NC1C(CO)OC(n2cnc3c(N(C)C)ncnc32)C1O. The number of anilines is 1. The first-order valence-electron chi connectivity index (χ1n) is 17.0. The number of carbonyl (C=O) groups excluding carboxylic acids is 4. The Morgan fingerprint density at radius 2 is 1.73 bits per heavy atom. The lowest BCUT2D eigenvalue weighted by Crippen LogP contribution is -2.58. The fourth-order valence-corrected chi connectivity index (χ4v) is 5.73. The highest BCUT2D eigenvalue weighted by Gasteiger charge is 2.46. The third-order valence-electron chi connectivity index (χ3n) is 8.21. The summed E-state index contributed by atoms with van der Waals surface area (Å²) in [4.78, 5) is 66.5. The Balaban J connectivity index is 1.56. The number of aliphatic hydroxyl groups excluding tert-OH is 2. The number of rotatable bonds is 15. The fraction of sp³-hybridized carbons (Fsp3) is 0.559. The van der Waals surface area contributed by atoms with Crippen molar-refractivity contribution in [3.8, 4) is 5.75 Å². The molecule has 1 fully saturated rings. The van der Waals surface area contributed by atoms with E-state index in [1.807, 2.05) is 0 Å². The number of nitrogens with zero attached hydrogens (tertiary/aromatic N) is 5. The van der Waals surface area contributed by atoms with Crippen molar-refractivity contribution >= 4 is 40.8 Å². The molecule has 0 spiro atoms. The smallest absolute Gasteiger partial charge is 0.408 e. The maximum Gasteiger partial charge on any atom is 0.408 e. The second-order valence-electron chi connectivity index (χ2n) is 13.8. The molecule has 0 bridgehead atoms. The number of aromatic hydroxyl groups is 1. The lowest BCUT2D eigenvalue weighted by Gasteiger charge is -2.27. The molecule has 3 aromatic rings. The number of fused-ring (bicyclic) bond motifs is 1. The van der Waals surface area contributed by atoms with Crippen LogP contribution in [0.3, 0.4) is 0 Å². The Hall–Kier alpha value is -5.07. The van der Waals surface area contributed by atoms with Gasteiger partial charge in [-0.05, 0) is 57.7 Å². The average molecular weight is 728 g/mol. The van der Waals surface area contributed by atoms with E-state index in [2.05, 4.69) is 36.2 Å². The number of phenolic OH excluding ortho intramolecular Hbond substituents is 1. The van der Waals surface area contributed by atoms with E-state index in [1.165, 1.54) is 36.3 Å². The molecule has 284 valence electrons. The Morgan fingerprint density at radius 1 is 1.02 bits per heavy atom. The minimum Gasteiger partial charge on any atom is -0.508 e. The molecule has 18 nitrogen and oxygen atoms in total. The first kappa shape index (κ1) is 39.7. The molecule has 7 N–H and O–H groups in total. The Morgan fingerprint density at radius 3 is 2.37 bits per heavy atom. The summed E-state index contributed by atoms with van der Waals surface area (Å²) < 4.78 is 12.9. The first-order chi connectivity index (χ1) is 24.6. The van der Waals surface area contributed by atoms with Crippen molar-refractivity contribution < 1.29 is 44.0 Å².